The van der Waals surface area contributed by atoms with Crippen LogP contribution in [-0.4, -0.2) is 12.6 Å². The minimum absolute atomic E-state index is 0.262. The maximum atomic E-state index is 11.2. The first kappa shape index (κ1) is 12.7. The Bertz CT molecular complexity index is 283. The van der Waals surface area contributed by atoms with Gasteiger partial charge >= 0.3 is 5.97 Å². The Labute approximate surface area is 86.0 Å². The van der Waals surface area contributed by atoms with E-state index in [1.807, 2.05) is 19.9 Å². The SMILES string of the molecule is C=C(C)/C=C(C)/C=C(\C)C(=O)OCC. The predicted octanol–water partition coefficient (Wildman–Crippen LogP) is 3.02. The van der Waals surface area contributed by atoms with Crippen LogP contribution in [0.1, 0.15) is 27.7 Å². The van der Waals surface area contributed by atoms with Gasteiger partial charge in [0, 0.05) is 5.57 Å². The monoisotopic (exact) mass is 194 g/mol. The summed E-state index contributed by atoms with van der Waals surface area (Å²) < 4.78 is 4.85. The molecule has 2 heteroatoms. The van der Waals surface area contributed by atoms with E-state index < -0.39 is 0 Å². The Morgan fingerprint density at radius 2 is 1.86 bits per heavy atom. The van der Waals surface area contributed by atoms with Crippen LogP contribution in [-0.2, 0) is 9.53 Å². The van der Waals surface area contributed by atoms with Gasteiger partial charge in [0.25, 0.3) is 0 Å². The minimum Gasteiger partial charge on any atom is -0.463 e. The molecule has 0 N–H and O–H groups in total. The second kappa shape index (κ2) is 6.19. The molecule has 0 saturated carbocycles. The predicted molar refractivity (Wildman–Crippen MR) is 59.0 cm³/mol. The van der Waals surface area contributed by atoms with Gasteiger partial charge in [-0.3, -0.25) is 0 Å². The van der Waals surface area contributed by atoms with Gasteiger partial charge < -0.3 is 4.74 Å². The van der Waals surface area contributed by atoms with Crippen molar-refractivity contribution in [2.75, 3.05) is 6.61 Å². The normalized spacial score (nSPS) is 12.6. The highest BCUT2D eigenvalue weighted by Crippen LogP contribution is 2.06. The maximum Gasteiger partial charge on any atom is 0.333 e. The van der Waals surface area contributed by atoms with E-state index in [1.165, 1.54) is 0 Å². The van der Waals surface area contributed by atoms with Gasteiger partial charge in [-0.2, -0.15) is 0 Å². The maximum absolute atomic E-state index is 11.2. The van der Waals surface area contributed by atoms with Crippen LogP contribution < -0.4 is 0 Å². The highest BCUT2D eigenvalue weighted by molar-refractivity contribution is 5.88. The molecular formula is C12H18O2. The van der Waals surface area contributed by atoms with E-state index in [0.29, 0.717) is 12.2 Å². The summed E-state index contributed by atoms with van der Waals surface area (Å²) in [5.74, 6) is -0.262. The quantitative estimate of drug-likeness (QED) is 0.390. The standard InChI is InChI=1S/C12H18O2/c1-6-14-12(13)11(5)8-10(4)7-9(2)3/h7-8H,2,6H2,1,3-5H3/b10-7+,11-8+. The van der Waals surface area contributed by atoms with Crippen LogP contribution in [0, 0.1) is 0 Å². The Balaban J connectivity index is 4.51. The lowest BCUT2D eigenvalue weighted by Gasteiger charge is -2.01. The second-order valence-electron chi connectivity index (χ2n) is 3.28. The van der Waals surface area contributed by atoms with Gasteiger partial charge in [0.2, 0.25) is 0 Å². The fourth-order valence-corrected chi connectivity index (χ4v) is 1.08. The number of esters is 1. The Hall–Kier alpha value is -1.31. The van der Waals surface area contributed by atoms with Crippen LogP contribution in [0.25, 0.3) is 0 Å². The molecule has 0 bridgehead atoms. The van der Waals surface area contributed by atoms with Gasteiger partial charge in [-0.15, -0.1) is 0 Å². The molecule has 0 amide bonds. The molecule has 78 valence electrons. The van der Waals surface area contributed by atoms with Crippen molar-refractivity contribution in [3.63, 3.8) is 0 Å². The molecule has 0 radical (unpaired) electrons. The fourth-order valence-electron chi connectivity index (χ4n) is 1.08. The number of rotatable bonds is 4. The summed E-state index contributed by atoms with van der Waals surface area (Å²) in [6, 6.07) is 0. The van der Waals surface area contributed by atoms with E-state index in [0.717, 1.165) is 11.1 Å². The summed E-state index contributed by atoms with van der Waals surface area (Å²) in [7, 11) is 0. The number of hydrogen-bond donors (Lipinski definition) is 0. The highest BCUT2D eigenvalue weighted by atomic mass is 16.5. The van der Waals surface area contributed by atoms with E-state index in [2.05, 4.69) is 6.58 Å². The van der Waals surface area contributed by atoms with E-state index in [-0.39, 0.29) is 5.97 Å². The number of hydrogen-bond acceptors (Lipinski definition) is 2. The smallest absolute Gasteiger partial charge is 0.333 e. The van der Waals surface area contributed by atoms with Gasteiger partial charge in [-0.25, -0.2) is 4.79 Å². The molecule has 2 nitrogen and oxygen atoms in total. The van der Waals surface area contributed by atoms with E-state index >= 15 is 0 Å². The summed E-state index contributed by atoms with van der Waals surface area (Å²) in [4.78, 5) is 11.2. The fraction of sp³-hybridized carbons (Fsp3) is 0.417. The molecular weight excluding hydrogens is 176 g/mol. The van der Waals surface area contributed by atoms with Crippen LogP contribution in [0.5, 0.6) is 0 Å². The van der Waals surface area contributed by atoms with Crippen LogP contribution >= 0.6 is 0 Å². The molecule has 0 aliphatic carbocycles. The van der Waals surface area contributed by atoms with Crippen molar-refractivity contribution in [2.24, 2.45) is 0 Å². The first-order valence-corrected chi connectivity index (χ1v) is 4.66. The number of carbonyl (C=O) groups is 1. The molecule has 0 atom stereocenters. The Morgan fingerprint density at radius 3 is 2.29 bits per heavy atom. The van der Waals surface area contributed by atoms with Crippen molar-refractivity contribution in [1.29, 1.82) is 0 Å². The molecule has 0 fully saturated rings. The van der Waals surface area contributed by atoms with E-state index in [1.54, 1.807) is 19.9 Å². The topological polar surface area (TPSA) is 26.3 Å². The zero-order valence-corrected chi connectivity index (χ0v) is 9.39. The number of allylic oxidation sites excluding steroid dienone is 4. The molecule has 0 aromatic carbocycles. The van der Waals surface area contributed by atoms with E-state index in [9.17, 15) is 4.79 Å². The molecule has 0 heterocycles. The van der Waals surface area contributed by atoms with Gasteiger partial charge in [-0.05, 0) is 33.8 Å². The first-order valence-electron chi connectivity index (χ1n) is 4.66. The van der Waals surface area contributed by atoms with Gasteiger partial charge in [0.1, 0.15) is 0 Å². The number of carbonyl (C=O) groups excluding carboxylic acids is 1. The lowest BCUT2D eigenvalue weighted by molar-refractivity contribution is -0.138. The van der Waals surface area contributed by atoms with Crippen molar-refractivity contribution in [1.82, 2.24) is 0 Å². The summed E-state index contributed by atoms with van der Waals surface area (Å²) in [5.41, 5.74) is 2.58. The largest absolute Gasteiger partial charge is 0.463 e. The van der Waals surface area contributed by atoms with E-state index in [4.69, 9.17) is 4.74 Å². The third kappa shape index (κ3) is 5.36. The van der Waals surface area contributed by atoms with Crippen molar-refractivity contribution in [2.45, 2.75) is 27.7 Å². The molecule has 0 spiro atoms. The highest BCUT2D eigenvalue weighted by Gasteiger charge is 2.03. The van der Waals surface area contributed by atoms with Gasteiger partial charge in [0.05, 0.1) is 6.61 Å². The molecule has 0 aromatic rings. The number of ether oxygens (including phenoxy) is 1. The molecule has 0 saturated heterocycles. The lowest BCUT2D eigenvalue weighted by Crippen LogP contribution is -2.05. The Kier molecular flexibility index (Phi) is 5.61. The third-order valence-corrected chi connectivity index (χ3v) is 1.52. The minimum atomic E-state index is -0.262. The van der Waals surface area contributed by atoms with Crippen molar-refractivity contribution in [3.05, 3.63) is 35.5 Å². The van der Waals surface area contributed by atoms with Crippen LogP contribution in [0.4, 0.5) is 0 Å². The zero-order valence-electron chi connectivity index (χ0n) is 9.39. The van der Waals surface area contributed by atoms with Crippen molar-refractivity contribution >= 4 is 5.97 Å². The molecule has 14 heavy (non-hydrogen) atoms. The summed E-state index contributed by atoms with van der Waals surface area (Å²) in [5, 5.41) is 0. The molecule has 0 unspecified atom stereocenters. The van der Waals surface area contributed by atoms with Gasteiger partial charge in [-0.1, -0.05) is 23.8 Å². The van der Waals surface area contributed by atoms with Gasteiger partial charge in [0.15, 0.2) is 0 Å². The first-order chi connectivity index (χ1) is 6.47. The lowest BCUT2D eigenvalue weighted by atomic mass is 10.1. The summed E-state index contributed by atoms with van der Waals surface area (Å²) in [6.07, 6.45) is 3.72. The van der Waals surface area contributed by atoms with Crippen molar-refractivity contribution in [3.8, 4) is 0 Å². The van der Waals surface area contributed by atoms with Crippen LogP contribution in [0.2, 0.25) is 0 Å². The average Bonchev–Trinajstić information content (AvgIpc) is 2.02. The summed E-state index contributed by atoms with van der Waals surface area (Å²) >= 11 is 0. The Morgan fingerprint density at radius 1 is 1.29 bits per heavy atom. The van der Waals surface area contributed by atoms with Crippen LogP contribution in [0.3, 0.4) is 0 Å². The molecule has 0 aliphatic heterocycles. The van der Waals surface area contributed by atoms with Crippen LogP contribution in [0.15, 0.2) is 35.5 Å². The van der Waals surface area contributed by atoms with Crippen molar-refractivity contribution < 1.29 is 9.53 Å². The third-order valence-electron chi connectivity index (χ3n) is 1.52. The molecule has 0 rings (SSSR count). The second-order valence-corrected chi connectivity index (χ2v) is 3.28. The molecule has 0 aromatic heterocycles. The summed E-state index contributed by atoms with van der Waals surface area (Å²) in [6.45, 7) is 11.6. The average molecular weight is 194 g/mol. The zero-order chi connectivity index (χ0) is 11.1. The molecule has 0 aliphatic rings.